The summed E-state index contributed by atoms with van der Waals surface area (Å²) in [6, 6.07) is 8.87. The smallest absolute Gasteiger partial charge is 0.330 e. The molecule has 0 saturated heterocycles. The van der Waals surface area contributed by atoms with E-state index in [1.165, 1.54) is 11.3 Å². The number of thiophene rings is 1. The number of nitrogens with zero attached hydrogens (tertiary/aromatic N) is 4. The van der Waals surface area contributed by atoms with Gasteiger partial charge in [-0.2, -0.15) is 16.1 Å². The summed E-state index contributed by atoms with van der Waals surface area (Å²) in [4.78, 5) is 25.0. The fraction of sp³-hybridized carbons (Fsp3) is 0.235. The van der Waals surface area contributed by atoms with E-state index < -0.39 is 18.5 Å². The van der Waals surface area contributed by atoms with E-state index in [-0.39, 0.29) is 6.54 Å². The predicted molar refractivity (Wildman–Crippen MR) is 98.3 cm³/mol. The summed E-state index contributed by atoms with van der Waals surface area (Å²) in [5.74, 6) is -0.139. The van der Waals surface area contributed by atoms with Gasteiger partial charge in [0.25, 0.3) is 5.91 Å². The van der Waals surface area contributed by atoms with Crippen LogP contribution in [0.2, 0.25) is 0 Å². The Morgan fingerprint density at radius 2 is 2.11 bits per heavy atom. The van der Waals surface area contributed by atoms with Gasteiger partial charge in [-0.15, -0.1) is 10.2 Å². The van der Waals surface area contributed by atoms with E-state index in [0.717, 1.165) is 10.4 Å². The quantitative estimate of drug-likeness (QED) is 0.589. The van der Waals surface area contributed by atoms with Gasteiger partial charge in [0.2, 0.25) is 5.82 Å². The topological polar surface area (TPSA) is 108 Å². The maximum Gasteiger partial charge on any atom is 0.330 e. The Balaban J connectivity index is 1.48. The summed E-state index contributed by atoms with van der Waals surface area (Å²) in [5.41, 5.74) is 1.34. The number of benzene rings is 1. The molecule has 0 aliphatic rings. The molecule has 27 heavy (non-hydrogen) atoms. The number of nitrogens with one attached hydrogen (secondary N) is 1. The summed E-state index contributed by atoms with van der Waals surface area (Å²) >= 11 is 1.51. The number of ether oxygens (including phenoxy) is 2. The van der Waals surface area contributed by atoms with Crippen molar-refractivity contribution in [1.29, 1.82) is 0 Å². The lowest BCUT2D eigenvalue weighted by molar-refractivity contribution is -0.148. The highest BCUT2D eigenvalue weighted by Crippen LogP contribution is 2.23. The van der Waals surface area contributed by atoms with Gasteiger partial charge in [-0.3, -0.25) is 4.79 Å². The number of tetrazole rings is 1. The fourth-order valence-electron chi connectivity index (χ4n) is 2.16. The Labute approximate surface area is 158 Å². The third-order valence-electron chi connectivity index (χ3n) is 3.33. The molecule has 0 aliphatic carbocycles. The van der Waals surface area contributed by atoms with E-state index in [1.54, 1.807) is 24.3 Å². The summed E-state index contributed by atoms with van der Waals surface area (Å²) < 4.78 is 10.4. The normalized spacial score (nSPS) is 10.4. The van der Waals surface area contributed by atoms with Crippen LogP contribution in [-0.4, -0.2) is 45.3 Å². The van der Waals surface area contributed by atoms with Crippen LogP contribution in [0.1, 0.15) is 6.92 Å². The minimum atomic E-state index is -0.641. The molecular weight excluding hydrogens is 370 g/mol. The zero-order chi connectivity index (χ0) is 19.1. The van der Waals surface area contributed by atoms with Crippen LogP contribution in [0.25, 0.3) is 11.4 Å². The standard InChI is InChI=1S/C17H17N5O4S/c1-2-25-14-6-4-3-5-13(14)18-15(23)10-26-16(24)9-22-20-17(19-21-22)12-7-8-27-11-12/h3-8,11H,2,9-10H2,1H3,(H,18,23). The highest BCUT2D eigenvalue weighted by molar-refractivity contribution is 7.08. The summed E-state index contributed by atoms with van der Waals surface area (Å²) in [7, 11) is 0. The number of amides is 1. The van der Waals surface area contributed by atoms with E-state index in [0.29, 0.717) is 23.9 Å². The van der Waals surface area contributed by atoms with Crippen LogP contribution in [0.15, 0.2) is 41.1 Å². The Morgan fingerprint density at radius 1 is 1.26 bits per heavy atom. The lowest BCUT2D eigenvalue weighted by Gasteiger charge is -2.11. The molecule has 0 bridgehead atoms. The average molecular weight is 387 g/mol. The fourth-order valence-corrected chi connectivity index (χ4v) is 2.80. The average Bonchev–Trinajstić information content (AvgIpc) is 3.33. The molecule has 1 aromatic carbocycles. The van der Waals surface area contributed by atoms with Crippen molar-refractivity contribution in [2.75, 3.05) is 18.5 Å². The number of carbonyl (C=O) groups excluding carboxylic acids is 2. The first-order chi connectivity index (χ1) is 13.2. The van der Waals surface area contributed by atoms with E-state index >= 15 is 0 Å². The van der Waals surface area contributed by atoms with Crippen molar-refractivity contribution in [3.05, 3.63) is 41.1 Å². The highest BCUT2D eigenvalue weighted by atomic mass is 32.1. The summed E-state index contributed by atoms with van der Waals surface area (Å²) in [5, 5.41) is 18.2. The van der Waals surface area contributed by atoms with Crippen LogP contribution in [0, 0.1) is 0 Å². The summed E-state index contributed by atoms with van der Waals surface area (Å²) in [6.07, 6.45) is 0. The van der Waals surface area contributed by atoms with Crippen LogP contribution in [0.5, 0.6) is 5.75 Å². The first kappa shape index (κ1) is 18.5. The number of esters is 1. The molecule has 0 radical (unpaired) electrons. The number of rotatable bonds is 8. The maximum absolute atomic E-state index is 12.0. The molecule has 1 N–H and O–H groups in total. The maximum atomic E-state index is 12.0. The van der Waals surface area contributed by atoms with Gasteiger partial charge in [0.05, 0.1) is 12.3 Å². The lowest BCUT2D eigenvalue weighted by atomic mass is 10.3. The number of carbonyl (C=O) groups is 2. The van der Waals surface area contributed by atoms with Crippen LogP contribution < -0.4 is 10.1 Å². The number of hydrogen-bond acceptors (Lipinski definition) is 8. The van der Waals surface area contributed by atoms with Crippen molar-refractivity contribution in [2.45, 2.75) is 13.5 Å². The van der Waals surface area contributed by atoms with Gasteiger partial charge < -0.3 is 14.8 Å². The SMILES string of the molecule is CCOc1ccccc1NC(=O)COC(=O)Cn1nnc(-c2ccsc2)n1. The molecule has 3 aromatic rings. The van der Waals surface area contributed by atoms with Gasteiger partial charge in [-0.25, -0.2) is 4.79 Å². The zero-order valence-electron chi connectivity index (χ0n) is 14.5. The van der Waals surface area contributed by atoms with Crippen molar-refractivity contribution in [3.8, 4) is 17.1 Å². The van der Waals surface area contributed by atoms with Crippen molar-refractivity contribution >= 4 is 28.9 Å². The molecule has 0 saturated carbocycles. The van der Waals surface area contributed by atoms with Crippen molar-refractivity contribution in [3.63, 3.8) is 0 Å². The molecule has 2 heterocycles. The lowest BCUT2D eigenvalue weighted by Crippen LogP contribution is -2.23. The first-order valence-corrected chi connectivity index (χ1v) is 9.07. The molecule has 2 aromatic heterocycles. The highest BCUT2D eigenvalue weighted by Gasteiger charge is 2.13. The second-order valence-electron chi connectivity index (χ2n) is 5.29. The van der Waals surface area contributed by atoms with Crippen molar-refractivity contribution in [2.24, 2.45) is 0 Å². The van der Waals surface area contributed by atoms with Crippen molar-refractivity contribution in [1.82, 2.24) is 20.2 Å². The molecule has 9 nitrogen and oxygen atoms in total. The second-order valence-corrected chi connectivity index (χ2v) is 6.07. The van der Waals surface area contributed by atoms with E-state index in [9.17, 15) is 9.59 Å². The Kier molecular flexibility index (Phi) is 6.10. The van der Waals surface area contributed by atoms with E-state index in [2.05, 4.69) is 20.7 Å². The minimum Gasteiger partial charge on any atom is -0.492 e. The number of para-hydroxylation sites is 2. The van der Waals surface area contributed by atoms with Crippen molar-refractivity contribution < 1.29 is 19.1 Å². The predicted octanol–water partition coefficient (Wildman–Crippen LogP) is 1.98. The third-order valence-corrected chi connectivity index (χ3v) is 4.01. The van der Waals surface area contributed by atoms with E-state index in [1.807, 2.05) is 23.8 Å². The summed E-state index contributed by atoms with van der Waals surface area (Å²) in [6.45, 7) is 1.66. The molecule has 3 rings (SSSR count). The Hall–Kier alpha value is -3.27. The molecule has 140 valence electrons. The molecule has 0 fully saturated rings. The number of aromatic nitrogens is 4. The third kappa shape index (κ3) is 5.11. The molecule has 0 spiro atoms. The van der Waals surface area contributed by atoms with Gasteiger partial charge in [0.15, 0.2) is 13.2 Å². The molecule has 10 heteroatoms. The van der Waals surface area contributed by atoms with Gasteiger partial charge in [-0.05, 0) is 35.7 Å². The zero-order valence-corrected chi connectivity index (χ0v) is 15.3. The second kappa shape index (κ2) is 8.90. The minimum absolute atomic E-state index is 0.236. The molecule has 0 aliphatic heterocycles. The molecule has 0 unspecified atom stereocenters. The van der Waals surface area contributed by atoms with Gasteiger partial charge in [0, 0.05) is 10.9 Å². The monoisotopic (exact) mass is 387 g/mol. The van der Waals surface area contributed by atoms with E-state index in [4.69, 9.17) is 9.47 Å². The van der Waals surface area contributed by atoms with Crippen LogP contribution in [0.4, 0.5) is 5.69 Å². The van der Waals surface area contributed by atoms with Gasteiger partial charge in [0.1, 0.15) is 5.75 Å². The van der Waals surface area contributed by atoms with Crippen LogP contribution >= 0.6 is 11.3 Å². The molecular formula is C17H17N5O4S. The van der Waals surface area contributed by atoms with Crippen LogP contribution in [-0.2, 0) is 20.9 Å². The largest absolute Gasteiger partial charge is 0.492 e. The first-order valence-electron chi connectivity index (χ1n) is 8.13. The number of hydrogen-bond donors (Lipinski definition) is 1. The molecule has 1 amide bonds. The Bertz CT molecular complexity index is 910. The van der Waals surface area contributed by atoms with Gasteiger partial charge in [-0.1, -0.05) is 12.1 Å². The Morgan fingerprint density at radius 3 is 2.89 bits per heavy atom. The molecule has 0 atom stereocenters. The number of anilines is 1. The van der Waals surface area contributed by atoms with Gasteiger partial charge >= 0.3 is 5.97 Å². The van der Waals surface area contributed by atoms with Crippen LogP contribution in [0.3, 0.4) is 0 Å².